The van der Waals surface area contributed by atoms with Gasteiger partial charge in [-0.3, -0.25) is 0 Å². The average Bonchev–Trinajstić information content (AvgIpc) is 2.72. The Morgan fingerprint density at radius 1 is 1.32 bits per heavy atom. The summed E-state index contributed by atoms with van der Waals surface area (Å²) in [6.07, 6.45) is 3.06. The number of hydrogen-bond acceptors (Lipinski definition) is 4. The molecule has 1 aromatic rings. The Labute approximate surface area is 127 Å². The van der Waals surface area contributed by atoms with E-state index in [-0.39, 0.29) is 17.7 Å². The van der Waals surface area contributed by atoms with Crippen LogP contribution in [-0.4, -0.2) is 23.7 Å². The predicted molar refractivity (Wildman–Crippen MR) is 73.9 cm³/mol. The van der Waals surface area contributed by atoms with Crippen LogP contribution in [-0.2, 0) is 23.6 Å². The fourth-order valence-corrected chi connectivity index (χ4v) is 3.42. The first-order valence-electron chi connectivity index (χ1n) is 7.17. The molecule has 0 radical (unpaired) electrons. The number of halogens is 3. The molecular weight excluding hydrogens is 321 g/mol. The van der Waals surface area contributed by atoms with Crippen molar-refractivity contribution in [1.82, 2.24) is 9.78 Å². The van der Waals surface area contributed by atoms with Crippen molar-refractivity contribution in [3.05, 3.63) is 11.3 Å². The number of fused-ring (bicyclic) bond motifs is 1. The minimum atomic E-state index is -5.69. The number of alkyl halides is 3. The van der Waals surface area contributed by atoms with E-state index < -0.39 is 15.6 Å². The summed E-state index contributed by atoms with van der Waals surface area (Å²) in [6.45, 7) is 3.99. The maximum Gasteiger partial charge on any atom is 0.534 e. The van der Waals surface area contributed by atoms with Gasteiger partial charge in [0, 0.05) is 18.5 Å². The lowest BCUT2D eigenvalue weighted by Crippen LogP contribution is -2.29. The normalized spacial score (nSPS) is 22.5. The summed E-state index contributed by atoms with van der Waals surface area (Å²) in [5.41, 5.74) is -4.31. The van der Waals surface area contributed by atoms with Gasteiger partial charge in [0.1, 0.15) is 0 Å². The van der Waals surface area contributed by atoms with Crippen molar-refractivity contribution in [3.8, 4) is 5.88 Å². The van der Waals surface area contributed by atoms with Crippen LogP contribution in [0.4, 0.5) is 13.2 Å². The van der Waals surface area contributed by atoms with E-state index in [9.17, 15) is 21.6 Å². The van der Waals surface area contributed by atoms with Gasteiger partial charge < -0.3 is 4.18 Å². The van der Waals surface area contributed by atoms with E-state index >= 15 is 0 Å². The minimum Gasteiger partial charge on any atom is -0.355 e. The molecular formula is C13H19F3N2O3S. The van der Waals surface area contributed by atoms with Crippen LogP contribution in [0.1, 0.15) is 50.3 Å². The zero-order chi connectivity index (χ0) is 16.7. The lowest BCUT2D eigenvalue weighted by atomic mass is 9.78. The van der Waals surface area contributed by atoms with E-state index in [4.69, 9.17) is 0 Å². The molecule has 1 aliphatic rings. The summed E-state index contributed by atoms with van der Waals surface area (Å²) >= 11 is 0. The van der Waals surface area contributed by atoms with Gasteiger partial charge in [-0.25, -0.2) is 4.68 Å². The summed E-state index contributed by atoms with van der Waals surface area (Å²) in [6, 6.07) is 0. The molecule has 0 aliphatic heterocycles. The summed E-state index contributed by atoms with van der Waals surface area (Å²) < 4.78 is 65.6. The van der Waals surface area contributed by atoms with Gasteiger partial charge in [-0.1, -0.05) is 20.3 Å². The van der Waals surface area contributed by atoms with Crippen LogP contribution < -0.4 is 4.18 Å². The van der Waals surface area contributed by atoms with Crippen molar-refractivity contribution >= 4 is 10.1 Å². The first kappa shape index (κ1) is 17.1. The van der Waals surface area contributed by atoms with Crippen molar-refractivity contribution in [3.63, 3.8) is 0 Å². The molecule has 0 saturated heterocycles. The summed E-state index contributed by atoms with van der Waals surface area (Å²) in [7, 11) is -4.29. The van der Waals surface area contributed by atoms with Crippen LogP contribution in [0.3, 0.4) is 0 Å². The van der Waals surface area contributed by atoms with Crippen LogP contribution in [0.25, 0.3) is 0 Å². The molecule has 0 bridgehead atoms. The lowest BCUT2D eigenvalue weighted by molar-refractivity contribution is -0.0502. The summed E-state index contributed by atoms with van der Waals surface area (Å²) in [5.74, 6) is 0.0901. The maximum atomic E-state index is 12.5. The van der Waals surface area contributed by atoms with E-state index in [0.717, 1.165) is 23.9 Å². The van der Waals surface area contributed by atoms with Crippen molar-refractivity contribution in [2.24, 2.45) is 13.0 Å². The zero-order valence-corrected chi connectivity index (χ0v) is 13.5. The quantitative estimate of drug-likeness (QED) is 0.624. The van der Waals surface area contributed by atoms with E-state index in [1.807, 2.05) is 13.8 Å². The fourth-order valence-electron chi connectivity index (χ4n) is 2.90. The highest BCUT2D eigenvalue weighted by molar-refractivity contribution is 7.87. The fraction of sp³-hybridized carbons (Fsp3) is 0.769. The minimum absolute atomic E-state index is 0.117. The second-order valence-corrected chi connectivity index (χ2v) is 7.13. The molecule has 2 unspecified atom stereocenters. The van der Waals surface area contributed by atoms with Gasteiger partial charge in [0.2, 0.25) is 5.88 Å². The monoisotopic (exact) mass is 340 g/mol. The average molecular weight is 340 g/mol. The van der Waals surface area contributed by atoms with Crippen LogP contribution in [0.5, 0.6) is 5.88 Å². The highest BCUT2D eigenvalue weighted by Crippen LogP contribution is 2.42. The number of hydrogen-bond donors (Lipinski definition) is 0. The van der Waals surface area contributed by atoms with E-state index in [1.54, 1.807) is 0 Å². The molecule has 0 amide bonds. The Morgan fingerprint density at radius 2 is 1.95 bits per heavy atom. The predicted octanol–water partition coefficient (Wildman–Crippen LogP) is 3.11. The van der Waals surface area contributed by atoms with E-state index in [0.29, 0.717) is 17.7 Å². The largest absolute Gasteiger partial charge is 0.534 e. The second kappa shape index (κ2) is 5.75. The number of aromatic nitrogens is 2. The van der Waals surface area contributed by atoms with Crippen LogP contribution in [0.2, 0.25) is 0 Å². The maximum absolute atomic E-state index is 12.5. The Morgan fingerprint density at radius 3 is 2.45 bits per heavy atom. The number of aryl methyl sites for hydroxylation is 1. The van der Waals surface area contributed by atoms with Crippen LogP contribution >= 0.6 is 0 Å². The first-order chi connectivity index (χ1) is 10.1. The van der Waals surface area contributed by atoms with Crippen molar-refractivity contribution < 1.29 is 25.8 Å². The highest BCUT2D eigenvalue weighted by atomic mass is 32.2. The Balaban J connectivity index is 2.45. The van der Waals surface area contributed by atoms with E-state index in [1.165, 1.54) is 7.05 Å². The third kappa shape index (κ3) is 2.95. The zero-order valence-electron chi connectivity index (χ0n) is 12.6. The molecule has 22 heavy (non-hydrogen) atoms. The molecule has 2 rings (SSSR count). The Bertz CT molecular complexity index is 652. The van der Waals surface area contributed by atoms with E-state index in [2.05, 4.69) is 9.28 Å². The Hall–Kier alpha value is -1.25. The highest BCUT2D eigenvalue weighted by Gasteiger charge is 2.49. The molecule has 0 N–H and O–H groups in total. The third-order valence-electron chi connectivity index (χ3n) is 4.16. The lowest BCUT2D eigenvalue weighted by Gasteiger charge is -2.27. The van der Waals surface area contributed by atoms with Crippen molar-refractivity contribution in [2.75, 3.05) is 0 Å². The topological polar surface area (TPSA) is 61.2 Å². The summed E-state index contributed by atoms with van der Waals surface area (Å²) in [4.78, 5) is 0. The molecule has 0 aromatic carbocycles. The number of nitrogens with zero attached hydrogens (tertiary/aromatic N) is 2. The smallest absolute Gasteiger partial charge is 0.355 e. The molecule has 0 saturated carbocycles. The van der Waals surface area contributed by atoms with Gasteiger partial charge >= 0.3 is 15.6 Å². The van der Waals surface area contributed by atoms with Gasteiger partial charge in [-0.15, -0.1) is 0 Å². The van der Waals surface area contributed by atoms with Crippen molar-refractivity contribution in [2.45, 2.75) is 51.0 Å². The molecule has 1 heterocycles. The molecule has 0 fully saturated rings. The van der Waals surface area contributed by atoms with Gasteiger partial charge in [0.25, 0.3) is 0 Å². The molecule has 5 nitrogen and oxygen atoms in total. The van der Waals surface area contributed by atoms with Crippen LogP contribution in [0, 0.1) is 5.92 Å². The molecule has 126 valence electrons. The number of rotatable bonds is 4. The van der Waals surface area contributed by atoms with Gasteiger partial charge in [0.05, 0.1) is 5.69 Å². The molecule has 9 heteroatoms. The first-order valence-corrected chi connectivity index (χ1v) is 8.58. The van der Waals surface area contributed by atoms with Crippen LogP contribution in [0.15, 0.2) is 0 Å². The molecule has 1 aromatic heterocycles. The Kier molecular flexibility index (Phi) is 4.47. The summed E-state index contributed by atoms with van der Waals surface area (Å²) in [5, 5.41) is 4.20. The molecule has 1 aliphatic carbocycles. The van der Waals surface area contributed by atoms with Gasteiger partial charge in [-0.05, 0) is 25.2 Å². The molecule has 2 atom stereocenters. The second-order valence-electron chi connectivity index (χ2n) is 5.60. The standard InChI is InChI=1S/C13H19F3N2O3S/c1-4-8-6-9(5-2)11-10(7-8)12(18(3)17-11)21-22(19,20)13(14,15)16/h8-9H,4-7H2,1-3H3. The molecule has 0 spiro atoms. The van der Waals surface area contributed by atoms with Gasteiger partial charge in [-0.2, -0.15) is 26.7 Å². The third-order valence-corrected chi connectivity index (χ3v) is 5.10. The van der Waals surface area contributed by atoms with Crippen molar-refractivity contribution in [1.29, 1.82) is 0 Å². The van der Waals surface area contributed by atoms with Gasteiger partial charge in [0.15, 0.2) is 0 Å². The SMILES string of the molecule is CCC1Cc2c(nn(C)c2OS(=O)(=O)C(F)(F)F)C(CC)C1.